The molecule has 0 bridgehead atoms. The zero-order valence-electron chi connectivity index (χ0n) is 25.3. The zero-order chi connectivity index (χ0) is 35.0. The van der Waals surface area contributed by atoms with Crippen LogP contribution in [0.5, 0.6) is 5.75 Å². The number of nitrogens with zero attached hydrogens (tertiary/aromatic N) is 2. The third kappa shape index (κ3) is 10.3. The van der Waals surface area contributed by atoms with Gasteiger partial charge in [-0.25, -0.2) is 22.0 Å². The molecule has 2 heterocycles. The number of carboxylic acid groups (broad SMARTS) is 2. The molecule has 1 saturated heterocycles. The topological polar surface area (TPSA) is 138 Å². The Morgan fingerprint density at radius 2 is 1.52 bits per heavy atom. The summed E-state index contributed by atoms with van der Waals surface area (Å²) >= 11 is 0. The van der Waals surface area contributed by atoms with E-state index in [1.807, 2.05) is 31.2 Å². The van der Waals surface area contributed by atoms with E-state index < -0.39 is 34.3 Å². The Morgan fingerprint density at radius 1 is 0.978 bits per heavy atom. The Hall–Kier alpha value is -3.83. The fraction of sp³-hybridized carbons (Fsp3) is 0.448. The largest absolute Gasteiger partial charge is 0.495 e. The van der Waals surface area contributed by atoms with Gasteiger partial charge in [-0.15, -0.1) is 0 Å². The minimum Gasteiger partial charge on any atom is -0.495 e. The van der Waals surface area contributed by atoms with E-state index in [-0.39, 0.29) is 4.90 Å². The van der Waals surface area contributed by atoms with Crippen molar-refractivity contribution in [1.29, 1.82) is 0 Å². The van der Waals surface area contributed by atoms with E-state index in [4.69, 9.17) is 24.5 Å². The molecule has 0 amide bonds. The van der Waals surface area contributed by atoms with Crippen LogP contribution in [0.2, 0.25) is 0 Å². The molecular weight excluding hydrogens is 648 g/mol. The van der Waals surface area contributed by atoms with Crippen molar-refractivity contribution in [3.63, 3.8) is 0 Å². The molecule has 0 spiro atoms. The highest BCUT2D eigenvalue weighted by Gasteiger charge is 2.39. The molecule has 10 nitrogen and oxygen atoms in total. The van der Waals surface area contributed by atoms with Crippen LogP contribution in [0.1, 0.15) is 37.8 Å². The normalized spacial score (nSPS) is 14.7. The molecule has 2 aromatic carbocycles. The Kier molecular flexibility index (Phi) is 13.0. The van der Waals surface area contributed by atoms with Crippen molar-refractivity contribution in [3.8, 4) is 5.75 Å². The molecule has 1 aliphatic rings. The molecule has 0 atom stereocenters. The van der Waals surface area contributed by atoms with Crippen LogP contribution in [0.25, 0.3) is 10.9 Å². The first-order chi connectivity index (χ1) is 21.2. The molecule has 0 radical (unpaired) electrons. The highest BCUT2D eigenvalue weighted by molar-refractivity contribution is 7.90. The third-order valence-electron chi connectivity index (χ3n) is 6.97. The number of piperidine rings is 1. The first-order valence-corrected chi connectivity index (χ1v) is 15.2. The average molecular weight is 684 g/mol. The van der Waals surface area contributed by atoms with Crippen LogP contribution in [0.15, 0.2) is 53.6 Å². The predicted octanol–water partition coefficient (Wildman–Crippen LogP) is 5.42. The van der Waals surface area contributed by atoms with Crippen molar-refractivity contribution >= 4 is 32.9 Å². The lowest BCUT2D eigenvalue weighted by atomic mass is 10.0. The lowest BCUT2D eigenvalue weighted by Gasteiger charge is -2.35. The van der Waals surface area contributed by atoms with Crippen molar-refractivity contribution < 1.29 is 59.3 Å². The monoisotopic (exact) mass is 683 g/mol. The van der Waals surface area contributed by atoms with Gasteiger partial charge in [-0.3, -0.25) is 0 Å². The van der Waals surface area contributed by atoms with Crippen LogP contribution in [0, 0.1) is 6.92 Å². The van der Waals surface area contributed by atoms with Crippen molar-refractivity contribution in [2.24, 2.45) is 0 Å². The van der Waals surface area contributed by atoms with Crippen LogP contribution < -0.4 is 10.1 Å². The quantitative estimate of drug-likeness (QED) is 0.279. The van der Waals surface area contributed by atoms with Gasteiger partial charge in [0, 0.05) is 30.2 Å². The van der Waals surface area contributed by atoms with E-state index in [0.717, 1.165) is 49.0 Å². The first kappa shape index (κ1) is 38.4. The summed E-state index contributed by atoms with van der Waals surface area (Å²) in [5, 5.41) is 18.9. The van der Waals surface area contributed by atoms with Crippen molar-refractivity contribution in [3.05, 3.63) is 59.8 Å². The summed E-state index contributed by atoms with van der Waals surface area (Å²) in [6.07, 6.45) is -6.25. The second-order valence-electron chi connectivity index (χ2n) is 10.5. The van der Waals surface area contributed by atoms with Gasteiger partial charge in [0.2, 0.25) is 0 Å². The number of benzene rings is 2. The molecule has 1 aliphatic heterocycles. The van der Waals surface area contributed by atoms with Gasteiger partial charge in [-0.2, -0.15) is 26.3 Å². The standard InChI is InChI=1S/C25H33N3O3S.2C2HF3O2/c1-18(2)27-13-10-21(11-14-27)26-17-20-6-5-7-23-22(20)12-15-28(23)32(29,30)25-16-19(3)8-9-24(25)31-4;2*3-2(4,5)1(6)7/h5-9,12,15-16,18,21,26H,10-11,13-14,17H2,1-4H3;2*(H,6,7). The van der Waals surface area contributed by atoms with Crippen LogP contribution in [0.4, 0.5) is 26.3 Å². The van der Waals surface area contributed by atoms with Crippen molar-refractivity contribution in [2.75, 3.05) is 20.2 Å². The minimum absolute atomic E-state index is 0.179. The number of likely N-dealkylation sites (tertiary alicyclic amines) is 1. The number of methoxy groups -OCH3 is 1. The van der Waals surface area contributed by atoms with Gasteiger partial charge >= 0.3 is 24.3 Å². The van der Waals surface area contributed by atoms with E-state index in [9.17, 15) is 34.8 Å². The number of carbonyl (C=O) groups is 2. The second kappa shape index (κ2) is 15.6. The van der Waals surface area contributed by atoms with Gasteiger partial charge in [-0.1, -0.05) is 18.2 Å². The molecular formula is C29H35F6N3O7S. The number of carboxylic acids is 2. The van der Waals surface area contributed by atoms with E-state index in [0.29, 0.717) is 23.3 Å². The number of rotatable bonds is 7. The number of aryl methyl sites for hydroxylation is 1. The molecule has 3 N–H and O–H groups in total. The summed E-state index contributed by atoms with van der Waals surface area (Å²) in [4.78, 5) is 20.5. The molecule has 3 aromatic rings. The van der Waals surface area contributed by atoms with Gasteiger partial charge in [0.05, 0.1) is 12.6 Å². The Bertz CT molecular complexity index is 1570. The lowest BCUT2D eigenvalue weighted by molar-refractivity contribution is -0.193. The van der Waals surface area contributed by atoms with Gasteiger partial charge in [0.25, 0.3) is 10.0 Å². The van der Waals surface area contributed by atoms with Gasteiger partial charge in [-0.05, 0) is 82.1 Å². The fourth-order valence-electron chi connectivity index (χ4n) is 4.54. The number of hydrogen-bond acceptors (Lipinski definition) is 7. The molecule has 256 valence electrons. The highest BCUT2D eigenvalue weighted by atomic mass is 32.2. The van der Waals surface area contributed by atoms with E-state index in [1.54, 1.807) is 18.3 Å². The summed E-state index contributed by atoms with van der Waals surface area (Å²) in [5.41, 5.74) is 2.66. The number of fused-ring (bicyclic) bond motifs is 1. The Morgan fingerprint density at radius 3 is 2.00 bits per heavy atom. The summed E-state index contributed by atoms with van der Waals surface area (Å²) in [6, 6.07) is 14.1. The van der Waals surface area contributed by atoms with E-state index in [1.165, 1.54) is 11.1 Å². The van der Waals surface area contributed by atoms with Crippen LogP contribution in [-0.4, -0.2) is 84.1 Å². The maximum atomic E-state index is 13.5. The predicted molar refractivity (Wildman–Crippen MR) is 156 cm³/mol. The van der Waals surface area contributed by atoms with E-state index in [2.05, 4.69) is 30.1 Å². The zero-order valence-corrected chi connectivity index (χ0v) is 26.1. The molecule has 0 aliphatic carbocycles. The summed E-state index contributed by atoms with van der Waals surface area (Å²) in [7, 11) is -2.30. The van der Waals surface area contributed by atoms with E-state index >= 15 is 0 Å². The number of alkyl halides is 6. The summed E-state index contributed by atoms with van der Waals surface area (Å²) in [5.74, 6) is -5.16. The lowest BCUT2D eigenvalue weighted by Crippen LogP contribution is -2.44. The van der Waals surface area contributed by atoms with Crippen LogP contribution in [-0.2, 0) is 26.2 Å². The molecule has 17 heteroatoms. The Labute approximate surface area is 261 Å². The molecule has 4 rings (SSSR count). The van der Waals surface area contributed by atoms with Crippen LogP contribution >= 0.6 is 0 Å². The number of aromatic nitrogens is 1. The second-order valence-corrected chi connectivity index (χ2v) is 12.3. The molecule has 1 fully saturated rings. The smallest absolute Gasteiger partial charge is 0.490 e. The average Bonchev–Trinajstić information content (AvgIpc) is 3.42. The first-order valence-electron chi connectivity index (χ1n) is 13.8. The number of aliphatic carboxylic acids is 2. The maximum Gasteiger partial charge on any atom is 0.490 e. The molecule has 0 saturated carbocycles. The molecule has 46 heavy (non-hydrogen) atoms. The summed E-state index contributed by atoms with van der Waals surface area (Å²) < 4.78 is 97.2. The molecule has 1 aromatic heterocycles. The number of hydrogen-bond donors (Lipinski definition) is 3. The van der Waals surface area contributed by atoms with Gasteiger partial charge < -0.3 is 25.2 Å². The third-order valence-corrected chi connectivity index (χ3v) is 8.68. The number of halogens is 6. The Balaban J connectivity index is 0.000000440. The fourth-order valence-corrected chi connectivity index (χ4v) is 6.13. The van der Waals surface area contributed by atoms with Crippen molar-refractivity contribution in [1.82, 2.24) is 14.2 Å². The van der Waals surface area contributed by atoms with Gasteiger partial charge in [0.1, 0.15) is 10.6 Å². The maximum absolute atomic E-state index is 13.5. The SMILES string of the molecule is COc1ccc(C)cc1S(=O)(=O)n1ccc2c(CNC3CCN(C(C)C)CC3)cccc21.O=C(O)C(F)(F)F.O=C(O)C(F)(F)F. The molecule has 0 unspecified atom stereocenters. The number of nitrogens with one attached hydrogen (secondary N) is 1. The minimum atomic E-state index is -5.08. The van der Waals surface area contributed by atoms with Gasteiger partial charge in [0.15, 0.2) is 0 Å². The van der Waals surface area contributed by atoms with Crippen LogP contribution in [0.3, 0.4) is 0 Å². The number of ether oxygens (including phenoxy) is 1. The highest BCUT2D eigenvalue weighted by Crippen LogP contribution is 2.30. The van der Waals surface area contributed by atoms with Crippen molar-refractivity contribution in [2.45, 2.75) is 69.5 Å². The summed E-state index contributed by atoms with van der Waals surface area (Å²) in [6.45, 7) is 9.33.